The van der Waals surface area contributed by atoms with Gasteiger partial charge in [-0.1, -0.05) is 12.1 Å². The van der Waals surface area contributed by atoms with Crippen LogP contribution >= 0.6 is 0 Å². The van der Waals surface area contributed by atoms with Crippen LogP contribution in [0, 0.1) is 12.7 Å². The molecule has 1 aromatic carbocycles. The van der Waals surface area contributed by atoms with Gasteiger partial charge < -0.3 is 9.88 Å². The standard InChI is InChI=1S/C24H28FN5O/c1-3-29-14-12-26-23(29)16-30-13-4-5-22(30)21-11-10-20(17(2)28-21)24(31)27-15-18-6-8-19(25)9-7-18/h6-12,14,22H,3-5,13,15-16H2,1-2H3,(H,27,31)/t22-/m0/s1. The lowest BCUT2D eigenvalue weighted by Gasteiger charge is -2.24. The minimum Gasteiger partial charge on any atom is -0.348 e. The topological polar surface area (TPSA) is 63.1 Å². The quantitative estimate of drug-likeness (QED) is 0.626. The summed E-state index contributed by atoms with van der Waals surface area (Å²) in [5.41, 5.74) is 3.14. The van der Waals surface area contributed by atoms with Crippen molar-refractivity contribution in [3.8, 4) is 0 Å². The van der Waals surface area contributed by atoms with Gasteiger partial charge in [0.05, 0.1) is 29.5 Å². The fraction of sp³-hybridized carbons (Fsp3) is 0.375. The molecule has 0 unspecified atom stereocenters. The van der Waals surface area contributed by atoms with Crippen LogP contribution in [-0.2, 0) is 19.6 Å². The summed E-state index contributed by atoms with van der Waals surface area (Å²) in [5.74, 6) is 0.613. The zero-order valence-electron chi connectivity index (χ0n) is 18.0. The molecule has 1 atom stereocenters. The maximum Gasteiger partial charge on any atom is 0.253 e. The summed E-state index contributed by atoms with van der Waals surface area (Å²) >= 11 is 0. The van der Waals surface area contributed by atoms with Crippen LogP contribution in [0.25, 0.3) is 0 Å². The zero-order chi connectivity index (χ0) is 21.8. The van der Waals surface area contributed by atoms with Gasteiger partial charge in [-0.15, -0.1) is 0 Å². The normalized spacial score (nSPS) is 16.5. The van der Waals surface area contributed by atoms with E-state index in [1.807, 2.05) is 31.5 Å². The van der Waals surface area contributed by atoms with Crippen LogP contribution in [0.5, 0.6) is 0 Å². The van der Waals surface area contributed by atoms with Gasteiger partial charge in [0, 0.05) is 25.5 Å². The number of pyridine rings is 1. The summed E-state index contributed by atoms with van der Waals surface area (Å²) in [6, 6.07) is 10.2. The first-order valence-electron chi connectivity index (χ1n) is 10.8. The van der Waals surface area contributed by atoms with Crippen LogP contribution in [-0.4, -0.2) is 31.9 Å². The molecular weight excluding hydrogens is 393 g/mol. The molecular formula is C24H28FN5O. The molecule has 3 heterocycles. The Hall–Kier alpha value is -3.06. The number of aryl methyl sites for hydroxylation is 2. The minimum atomic E-state index is -0.287. The van der Waals surface area contributed by atoms with E-state index in [0.29, 0.717) is 12.1 Å². The van der Waals surface area contributed by atoms with Gasteiger partial charge in [0.15, 0.2) is 0 Å². The van der Waals surface area contributed by atoms with Gasteiger partial charge in [-0.2, -0.15) is 0 Å². The first-order valence-corrected chi connectivity index (χ1v) is 10.8. The van der Waals surface area contributed by atoms with Gasteiger partial charge >= 0.3 is 0 Å². The highest BCUT2D eigenvalue weighted by atomic mass is 19.1. The van der Waals surface area contributed by atoms with Gasteiger partial charge in [-0.3, -0.25) is 14.7 Å². The fourth-order valence-electron chi connectivity index (χ4n) is 4.20. The van der Waals surface area contributed by atoms with E-state index >= 15 is 0 Å². The van der Waals surface area contributed by atoms with Crippen molar-refractivity contribution in [2.45, 2.75) is 52.4 Å². The van der Waals surface area contributed by atoms with Crippen LogP contribution in [0.3, 0.4) is 0 Å². The predicted octanol–water partition coefficient (Wildman–Crippen LogP) is 4.01. The molecule has 4 rings (SSSR count). The van der Waals surface area contributed by atoms with E-state index < -0.39 is 0 Å². The lowest BCUT2D eigenvalue weighted by Crippen LogP contribution is -2.27. The number of carbonyl (C=O) groups is 1. The molecule has 1 saturated heterocycles. The van der Waals surface area contributed by atoms with E-state index in [-0.39, 0.29) is 17.8 Å². The molecule has 1 amide bonds. The van der Waals surface area contributed by atoms with Crippen molar-refractivity contribution in [1.82, 2.24) is 24.8 Å². The Labute approximate surface area is 182 Å². The van der Waals surface area contributed by atoms with Crippen molar-refractivity contribution < 1.29 is 9.18 Å². The molecule has 1 aliphatic heterocycles. The Bertz CT molecular complexity index is 1050. The molecule has 7 heteroatoms. The molecule has 2 aromatic heterocycles. The zero-order valence-corrected chi connectivity index (χ0v) is 18.0. The number of nitrogens with zero attached hydrogens (tertiary/aromatic N) is 4. The largest absolute Gasteiger partial charge is 0.348 e. The molecule has 1 fully saturated rings. The highest BCUT2D eigenvalue weighted by Crippen LogP contribution is 2.32. The van der Waals surface area contributed by atoms with E-state index in [2.05, 4.69) is 26.7 Å². The number of nitrogens with one attached hydrogen (secondary N) is 1. The smallest absolute Gasteiger partial charge is 0.253 e. The number of carbonyl (C=O) groups excluding carboxylic acids is 1. The van der Waals surface area contributed by atoms with E-state index in [1.54, 1.807) is 12.1 Å². The number of aromatic nitrogens is 3. The molecule has 31 heavy (non-hydrogen) atoms. The maximum atomic E-state index is 13.0. The third-order valence-corrected chi connectivity index (χ3v) is 5.91. The van der Waals surface area contributed by atoms with E-state index in [1.165, 1.54) is 12.1 Å². The number of halogens is 1. The molecule has 6 nitrogen and oxygen atoms in total. The molecule has 1 N–H and O–H groups in total. The number of imidazole rings is 1. The van der Waals surface area contributed by atoms with Gasteiger partial charge in [-0.05, 0) is 63.1 Å². The lowest BCUT2D eigenvalue weighted by atomic mass is 10.1. The van der Waals surface area contributed by atoms with Crippen molar-refractivity contribution in [2.75, 3.05) is 6.54 Å². The molecule has 0 saturated carbocycles. The molecule has 0 spiro atoms. The van der Waals surface area contributed by atoms with Crippen LogP contribution in [0.4, 0.5) is 4.39 Å². The highest BCUT2D eigenvalue weighted by Gasteiger charge is 2.28. The first kappa shape index (κ1) is 21.2. The molecule has 162 valence electrons. The lowest BCUT2D eigenvalue weighted by molar-refractivity contribution is 0.0949. The summed E-state index contributed by atoms with van der Waals surface area (Å²) in [6.07, 6.45) is 6.04. The molecule has 0 radical (unpaired) electrons. The predicted molar refractivity (Wildman–Crippen MR) is 117 cm³/mol. The van der Waals surface area contributed by atoms with E-state index in [0.717, 1.165) is 55.3 Å². The second-order valence-corrected chi connectivity index (χ2v) is 7.94. The summed E-state index contributed by atoms with van der Waals surface area (Å²) in [7, 11) is 0. The number of amides is 1. The summed E-state index contributed by atoms with van der Waals surface area (Å²) < 4.78 is 15.2. The average Bonchev–Trinajstić information content (AvgIpc) is 3.42. The third kappa shape index (κ3) is 4.82. The van der Waals surface area contributed by atoms with Gasteiger partial charge in [-0.25, -0.2) is 9.37 Å². The Balaban J connectivity index is 1.43. The summed E-state index contributed by atoms with van der Waals surface area (Å²) in [4.78, 5) is 24.4. The monoisotopic (exact) mass is 421 g/mol. The highest BCUT2D eigenvalue weighted by molar-refractivity contribution is 5.95. The van der Waals surface area contributed by atoms with Crippen molar-refractivity contribution in [2.24, 2.45) is 0 Å². The van der Waals surface area contributed by atoms with Crippen molar-refractivity contribution in [1.29, 1.82) is 0 Å². The van der Waals surface area contributed by atoms with Crippen LogP contribution in [0.1, 0.15) is 58.9 Å². The van der Waals surface area contributed by atoms with Crippen LogP contribution in [0.15, 0.2) is 48.8 Å². The Morgan fingerprint density at radius 2 is 2.03 bits per heavy atom. The first-order chi connectivity index (χ1) is 15.0. The Morgan fingerprint density at radius 3 is 2.77 bits per heavy atom. The Morgan fingerprint density at radius 1 is 1.23 bits per heavy atom. The summed E-state index contributed by atoms with van der Waals surface area (Å²) in [5, 5.41) is 2.89. The van der Waals surface area contributed by atoms with Crippen LogP contribution in [0.2, 0.25) is 0 Å². The summed E-state index contributed by atoms with van der Waals surface area (Å²) in [6.45, 7) is 7.07. The van der Waals surface area contributed by atoms with Crippen LogP contribution < -0.4 is 5.32 Å². The molecule has 3 aromatic rings. The number of hydrogen-bond acceptors (Lipinski definition) is 4. The molecule has 1 aliphatic rings. The number of hydrogen-bond donors (Lipinski definition) is 1. The fourth-order valence-corrected chi connectivity index (χ4v) is 4.20. The third-order valence-electron chi connectivity index (χ3n) is 5.91. The second kappa shape index (κ2) is 9.39. The Kier molecular flexibility index (Phi) is 6.42. The maximum absolute atomic E-state index is 13.0. The van der Waals surface area contributed by atoms with Gasteiger partial charge in [0.1, 0.15) is 11.6 Å². The van der Waals surface area contributed by atoms with Gasteiger partial charge in [0.2, 0.25) is 0 Å². The van der Waals surface area contributed by atoms with E-state index in [4.69, 9.17) is 4.98 Å². The van der Waals surface area contributed by atoms with Gasteiger partial charge in [0.25, 0.3) is 5.91 Å². The van der Waals surface area contributed by atoms with Crippen molar-refractivity contribution in [3.63, 3.8) is 0 Å². The number of benzene rings is 1. The van der Waals surface area contributed by atoms with E-state index in [9.17, 15) is 9.18 Å². The molecule has 0 bridgehead atoms. The SMILES string of the molecule is CCn1ccnc1CN1CCC[C@H]1c1ccc(C(=O)NCc2ccc(F)cc2)c(C)n1. The molecule has 0 aliphatic carbocycles. The second-order valence-electron chi connectivity index (χ2n) is 7.94. The average molecular weight is 422 g/mol. The number of likely N-dealkylation sites (tertiary alicyclic amines) is 1. The van der Waals surface area contributed by atoms with Crippen molar-refractivity contribution >= 4 is 5.91 Å². The minimum absolute atomic E-state index is 0.172. The van der Waals surface area contributed by atoms with Crippen molar-refractivity contribution in [3.05, 3.63) is 82.9 Å². The number of rotatable bonds is 7.